The van der Waals surface area contributed by atoms with Gasteiger partial charge >= 0.3 is 21.3 Å². The Hall–Kier alpha value is -0.760. The van der Waals surface area contributed by atoms with Crippen molar-refractivity contribution >= 4 is 16.1 Å². The first kappa shape index (κ1) is 16.6. The number of halogens is 2. The molecule has 2 aliphatic rings. The Bertz CT molecular complexity index is 505. The first-order valence-electron chi connectivity index (χ1n) is 7.06. The Balaban J connectivity index is 2.00. The van der Waals surface area contributed by atoms with Gasteiger partial charge < -0.3 is 4.74 Å². The van der Waals surface area contributed by atoms with E-state index in [-0.39, 0.29) is 0 Å². The molecule has 2 saturated carbocycles. The van der Waals surface area contributed by atoms with Crippen LogP contribution < -0.4 is 0 Å². The molecule has 0 aromatic rings. The fourth-order valence-corrected chi connectivity index (χ4v) is 3.90. The molecule has 0 heterocycles. The highest BCUT2D eigenvalue weighted by Gasteiger charge is 2.49. The van der Waals surface area contributed by atoms with Crippen molar-refractivity contribution in [3.63, 3.8) is 0 Å². The molecule has 2 rings (SSSR count). The van der Waals surface area contributed by atoms with Gasteiger partial charge in [0.15, 0.2) is 6.61 Å². The van der Waals surface area contributed by atoms with Crippen molar-refractivity contribution < 1.29 is 31.3 Å². The molecule has 2 aliphatic carbocycles. The van der Waals surface area contributed by atoms with E-state index >= 15 is 0 Å². The molecular weight excluding hydrogens is 306 g/mol. The normalized spacial score (nSPS) is 33.5. The lowest BCUT2D eigenvalue weighted by atomic mass is 9.61. The second-order valence-corrected chi connectivity index (χ2v) is 8.10. The number of ether oxygens (including phenoxy) is 1. The van der Waals surface area contributed by atoms with E-state index in [1.165, 1.54) is 0 Å². The average Bonchev–Trinajstić information content (AvgIpc) is 2.34. The minimum absolute atomic E-state index is 0.400. The van der Waals surface area contributed by atoms with Gasteiger partial charge in [-0.15, -0.1) is 0 Å². The first-order chi connectivity index (χ1) is 9.53. The molecule has 2 bridgehead atoms. The Kier molecular flexibility index (Phi) is 4.32. The molecule has 0 spiro atoms. The average molecular weight is 326 g/mol. The maximum Gasteiger partial charge on any atom is 0.402 e. The predicted octanol–water partition coefficient (Wildman–Crippen LogP) is 2.62. The second kappa shape index (κ2) is 5.46. The minimum Gasteiger partial charge on any atom is -0.458 e. The van der Waals surface area contributed by atoms with Gasteiger partial charge in [0.1, 0.15) is 0 Å². The summed E-state index contributed by atoms with van der Waals surface area (Å²) in [5.41, 5.74) is -0.844. The highest BCUT2D eigenvalue weighted by molar-refractivity contribution is 7.86. The molecule has 0 aromatic heterocycles. The van der Waals surface area contributed by atoms with Crippen LogP contribution in [0.4, 0.5) is 8.78 Å². The van der Waals surface area contributed by atoms with E-state index in [1.54, 1.807) is 6.92 Å². The summed E-state index contributed by atoms with van der Waals surface area (Å²) in [6.45, 7) is 0.0427. The third-order valence-corrected chi connectivity index (χ3v) is 5.48. The molecule has 0 aliphatic heterocycles. The zero-order valence-electron chi connectivity index (χ0n) is 11.8. The van der Waals surface area contributed by atoms with Gasteiger partial charge in [0.2, 0.25) is 0 Å². The fourth-order valence-electron chi connectivity index (χ4n) is 3.70. The van der Waals surface area contributed by atoms with E-state index in [2.05, 4.69) is 4.74 Å². The smallest absolute Gasteiger partial charge is 0.402 e. The summed E-state index contributed by atoms with van der Waals surface area (Å²) >= 11 is 0. The van der Waals surface area contributed by atoms with Crippen LogP contribution in [-0.2, 0) is 19.6 Å². The van der Waals surface area contributed by atoms with E-state index in [4.69, 9.17) is 4.55 Å². The van der Waals surface area contributed by atoms with Gasteiger partial charge in [-0.3, -0.25) is 9.35 Å². The Morgan fingerprint density at radius 1 is 1.33 bits per heavy atom. The molecule has 0 radical (unpaired) electrons. The van der Waals surface area contributed by atoms with Crippen LogP contribution in [0.25, 0.3) is 0 Å². The molecule has 2 fully saturated rings. The molecule has 0 amide bonds. The summed E-state index contributed by atoms with van der Waals surface area (Å²) in [6.07, 6.45) is 5.41. The SMILES string of the molecule is CC1(C(=O)OCC(F)(F)S(=O)(=O)O)CC2CCCC(C2)C1. The maximum absolute atomic E-state index is 13.1. The van der Waals surface area contributed by atoms with Crippen LogP contribution >= 0.6 is 0 Å². The van der Waals surface area contributed by atoms with Crippen LogP contribution in [0.3, 0.4) is 0 Å². The van der Waals surface area contributed by atoms with E-state index in [0.29, 0.717) is 24.7 Å². The number of alkyl halides is 2. The predicted molar refractivity (Wildman–Crippen MR) is 70.2 cm³/mol. The number of carbonyl (C=O) groups excluding carboxylic acids is 1. The topological polar surface area (TPSA) is 80.7 Å². The molecule has 5 nitrogen and oxygen atoms in total. The van der Waals surface area contributed by atoms with Crippen LogP contribution in [0.1, 0.15) is 45.4 Å². The highest BCUT2D eigenvalue weighted by atomic mass is 32.2. The number of esters is 1. The van der Waals surface area contributed by atoms with Gasteiger partial charge in [0.05, 0.1) is 5.41 Å². The Morgan fingerprint density at radius 3 is 2.33 bits per heavy atom. The van der Waals surface area contributed by atoms with Crippen molar-refractivity contribution in [2.24, 2.45) is 17.3 Å². The maximum atomic E-state index is 13.1. The van der Waals surface area contributed by atoms with Gasteiger partial charge in [0, 0.05) is 0 Å². The third-order valence-electron chi connectivity index (χ3n) is 4.61. The lowest BCUT2D eigenvalue weighted by Gasteiger charge is -2.43. The lowest BCUT2D eigenvalue weighted by molar-refractivity contribution is -0.166. The molecular formula is C13H20F2O5S. The molecule has 2 unspecified atom stereocenters. The summed E-state index contributed by atoms with van der Waals surface area (Å²) in [5.74, 6) is -0.00306. The van der Waals surface area contributed by atoms with Gasteiger partial charge in [-0.2, -0.15) is 17.2 Å². The van der Waals surface area contributed by atoms with Crippen LogP contribution in [0.5, 0.6) is 0 Å². The van der Waals surface area contributed by atoms with Gasteiger partial charge in [-0.25, -0.2) is 0 Å². The van der Waals surface area contributed by atoms with E-state index in [0.717, 1.165) is 25.7 Å². The van der Waals surface area contributed by atoms with Crippen LogP contribution in [0, 0.1) is 17.3 Å². The zero-order valence-corrected chi connectivity index (χ0v) is 12.7. The molecule has 0 aromatic carbocycles. The lowest BCUT2D eigenvalue weighted by Crippen LogP contribution is -2.42. The van der Waals surface area contributed by atoms with Crippen LogP contribution in [0.15, 0.2) is 0 Å². The zero-order chi connectivity index (χ0) is 15.9. The monoisotopic (exact) mass is 326 g/mol. The number of hydrogen-bond donors (Lipinski definition) is 1. The molecule has 0 saturated heterocycles. The Labute approximate surface area is 122 Å². The number of carbonyl (C=O) groups is 1. The van der Waals surface area contributed by atoms with Crippen molar-refractivity contribution in [2.45, 2.75) is 50.7 Å². The summed E-state index contributed by atoms with van der Waals surface area (Å²) in [5, 5.41) is -4.47. The number of fused-ring (bicyclic) bond motifs is 2. The van der Waals surface area contributed by atoms with Crippen LogP contribution in [0.2, 0.25) is 0 Å². The quantitative estimate of drug-likeness (QED) is 0.634. The van der Waals surface area contributed by atoms with E-state index < -0.39 is 33.4 Å². The summed E-state index contributed by atoms with van der Waals surface area (Å²) in [7, 11) is -5.57. The molecule has 122 valence electrons. The summed E-state index contributed by atoms with van der Waals surface area (Å²) in [6, 6.07) is 0. The molecule has 21 heavy (non-hydrogen) atoms. The molecule has 8 heteroatoms. The number of hydrogen-bond acceptors (Lipinski definition) is 4. The Morgan fingerprint density at radius 2 is 1.86 bits per heavy atom. The largest absolute Gasteiger partial charge is 0.458 e. The summed E-state index contributed by atoms with van der Waals surface area (Å²) < 4.78 is 60.1. The van der Waals surface area contributed by atoms with Crippen LogP contribution in [-0.4, -0.2) is 30.8 Å². The number of rotatable bonds is 4. The first-order valence-corrected chi connectivity index (χ1v) is 8.50. The van der Waals surface area contributed by atoms with Crippen molar-refractivity contribution in [3.05, 3.63) is 0 Å². The molecule has 2 atom stereocenters. The standard InChI is InChI=1S/C13H20F2O5S/c1-12(6-9-3-2-4-10(5-9)7-12)11(16)20-8-13(14,15)21(17,18)19/h9-10H,2-8H2,1H3,(H,17,18,19). The van der Waals surface area contributed by atoms with Crippen molar-refractivity contribution in [1.29, 1.82) is 0 Å². The fraction of sp³-hybridized carbons (Fsp3) is 0.923. The van der Waals surface area contributed by atoms with Crippen molar-refractivity contribution in [2.75, 3.05) is 6.61 Å². The minimum atomic E-state index is -5.57. The third kappa shape index (κ3) is 3.53. The van der Waals surface area contributed by atoms with Gasteiger partial charge in [0.25, 0.3) is 0 Å². The van der Waals surface area contributed by atoms with Crippen molar-refractivity contribution in [3.8, 4) is 0 Å². The highest BCUT2D eigenvalue weighted by Crippen LogP contribution is 2.49. The van der Waals surface area contributed by atoms with Gasteiger partial charge in [-0.1, -0.05) is 19.3 Å². The van der Waals surface area contributed by atoms with E-state index in [1.807, 2.05) is 0 Å². The van der Waals surface area contributed by atoms with Crippen molar-refractivity contribution in [1.82, 2.24) is 0 Å². The van der Waals surface area contributed by atoms with E-state index in [9.17, 15) is 22.0 Å². The molecule has 1 N–H and O–H groups in total. The summed E-state index contributed by atoms with van der Waals surface area (Å²) in [4.78, 5) is 12.1. The van der Waals surface area contributed by atoms with Gasteiger partial charge in [-0.05, 0) is 38.0 Å². The second-order valence-electron chi connectivity index (χ2n) is 6.56.